The summed E-state index contributed by atoms with van der Waals surface area (Å²) in [7, 11) is 1.71. The molecule has 2 aromatic carbocycles. The Hall–Kier alpha value is -2.37. The van der Waals surface area contributed by atoms with E-state index in [4.69, 9.17) is 9.84 Å². The third-order valence-corrected chi connectivity index (χ3v) is 5.75. The highest BCUT2D eigenvalue weighted by molar-refractivity contribution is 5.96. The lowest BCUT2D eigenvalue weighted by Crippen LogP contribution is -2.22. The first-order chi connectivity index (χ1) is 14.7. The fourth-order valence-electron chi connectivity index (χ4n) is 4.07. The van der Waals surface area contributed by atoms with Gasteiger partial charge in [0.05, 0.1) is 7.11 Å². The van der Waals surface area contributed by atoms with Crippen molar-refractivity contribution in [3.05, 3.63) is 59.2 Å². The number of benzene rings is 2. The molecule has 0 aromatic heterocycles. The highest BCUT2D eigenvalue weighted by atomic mass is 16.5. The molecule has 2 aromatic rings. The highest BCUT2D eigenvalue weighted by Gasteiger charge is 2.19. The first-order valence-electron chi connectivity index (χ1n) is 11.1. The number of nitrogens with one attached hydrogen (secondary N) is 1. The second-order valence-corrected chi connectivity index (χ2v) is 7.85. The van der Waals surface area contributed by atoms with E-state index in [9.17, 15) is 4.79 Å². The van der Waals surface area contributed by atoms with Crippen LogP contribution in [-0.4, -0.2) is 50.8 Å². The topological polar surface area (TPSA) is 61.8 Å². The van der Waals surface area contributed by atoms with Gasteiger partial charge in [0.25, 0.3) is 0 Å². The van der Waals surface area contributed by atoms with Crippen LogP contribution in [-0.2, 0) is 12.8 Å². The third kappa shape index (κ3) is 6.07. The van der Waals surface area contributed by atoms with Crippen LogP contribution in [0.3, 0.4) is 0 Å². The van der Waals surface area contributed by atoms with Gasteiger partial charge in [0.2, 0.25) is 0 Å². The van der Waals surface area contributed by atoms with Crippen molar-refractivity contribution in [2.45, 2.75) is 38.5 Å². The predicted molar refractivity (Wildman–Crippen MR) is 122 cm³/mol. The number of fused-ring (bicyclic) bond motifs is 1. The van der Waals surface area contributed by atoms with Crippen LogP contribution in [0.1, 0.15) is 47.2 Å². The Labute approximate surface area is 180 Å². The minimum atomic E-state index is 0.220. The largest absolute Gasteiger partial charge is 0.496 e. The summed E-state index contributed by atoms with van der Waals surface area (Å²) in [5.41, 5.74) is 4.53. The average molecular weight is 411 g/mol. The zero-order valence-electron chi connectivity index (χ0n) is 18.0. The quantitative estimate of drug-likeness (QED) is 0.390. The fourth-order valence-corrected chi connectivity index (χ4v) is 4.07. The number of unbranched alkanes of at least 4 members (excludes halogenated alkanes) is 1. The number of carbonyl (C=O) groups excluding carboxylic acids is 1. The second kappa shape index (κ2) is 11.7. The van der Waals surface area contributed by atoms with Crippen LogP contribution in [0.2, 0.25) is 0 Å². The van der Waals surface area contributed by atoms with E-state index in [2.05, 4.69) is 28.4 Å². The Morgan fingerprint density at radius 1 is 1.13 bits per heavy atom. The van der Waals surface area contributed by atoms with Crippen molar-refractivity contribution < 1.29 is 14.6 Å². The van der Waals surface area contributed by atoms with Crippen LogP contribution in [0, 0.1) is 0 Å². The molecule has 0 fully saturated rings. The number of ketones is 1. The molecule has 5 nitrogen and oxygen atoms in total. The molecule has 0 spiro atoms. The van der Waals surface area contributed by atoms with Crippen molar-refractivity contribution in [3.8, 4) is 5.75 Å². The number of hydrogen-bond donors (Lipinski definition) is 2. The van der Waals surface area contributed by atoms with Crippen molar-refractivity contribution in [3.63, 3.8) is 0 Å². The van der Waals surface area contributed by atoms with Gasteiger partial charge in [-0.05, 0) is 80.6 Å². The molecule has 1 aliphatic heterocycles. The summed E-state index contributed by atoms with van der Waals surface area (Å²) in [6, 6.07) is 14.2. The number of rotatable bonds is 13. The van der Waals surface area contributed by atoms with Gasteiger partial charge in [-0.2, -0.15) is 0 Å². The second-order valence-electron chi connectivity index (χ2n) is 7.85. The number of Topliss-reactive ketones (excluding diaryl/α,β-unsaturated/α-hetero) is 1. The molecule has 2 N–H and O–H groups in total. The van der Waals surface area contributed by atoms with E-state index >= 15 is 0 Å². The van der Waals surface area contributed by atoms with Crippen molar-refractivity contribution in [1.82, 2.24) is 5.32 Å². The molecule has 0 aliphatic carbocycles. The van der Waals surface area contributed by atoms with Crippen LogP contribution in [0.4, 0.5) is 5.69 Å². The highest BCUT2D eigenvalue weighted by Crippen LogP contribution is 2.29. The standard InChI is InChI=1S/C25H34N2O3/c1-30-25-9-3-2-7-20(25)12-15-26-14-5-4-8-24(29)22-10-11-23-21(19-22)13-17-27(23)16-6-18-28/h2-3,7,9-11,19,26,28H,4-6,8,12-18H2,1H3. The Balaban J connectivity index is 1.34. The molecule has 3 rings (SSSR count). The normalized spacial score (nSPS) is 12.8. The molecule has 30 heavy (non-hydrogen) atoms. The average Bonchev–Trinajstić information content (AvgIpc) is 3.19. The molecule has 0 amide bonds. The number of ether oxygens (including phenoxy) is 1. The number of hydrogen-bond acceptors (Lipinski definition) is 5. The molecule has 0 saturated carbocycles. The maximum Gasteiger partial charge on any atom is 0.162 e. The molecule has 1 heterocycles. The number of aliphatic hydroxyl groups excluding tert-OH is 1. The van der Waals surface area contributed by atoms with E-state index in [1.165, 1.54) is 16.8 Å². The smallest absolute Gasteiger partial charge is 0.162 e. The maximum atomic E-state index is 12.6. The lowest BCUT2D eigenvalue weighted by Gasteiger charge is -2.18. The molecule has 0 atom stereocenters. The Morgan fingerprint density at radius 2 is 2.00 bits per heavy atom. The van der Waals surface area contributed by atoms with Crippen LogP contribution >= 0.6 is 0 Å². The van der Waals surface area contributed by atoms with E-state index in [1.54, 1.807) is 7.11 Å². The molecular weight excluding hydrogens is 376 g/mol. The van der Waals surface area contributed by atoms with Crippen molar-refractivity contribution >= 4 is 11.5 Å². The first-order valence-corrected chi connectivity index (χ1v) is 11.1. The number of methoxy groups -OCH3 is 1. The van der Waals surface area contributed by atoms with Crippen molar-refractivity contribution in [2.75, 3.05) is 44.8 Å². The summed E-state index contributed by atoms with van der Waals surface area (Å²) in [6.45, 7) is 3.91. The van der Waals surface area contributed by atoms with Gasteiger partial charge in [-0.3, -0.25) is 4.79 Å². The minimum absolute atomic E-state index is 0.220. The Bertz CT molecular complexity index is 822. The van der Waals surface area contributed by atoms with E-state index in [0.29, 0.717) is 6.42 Å². The maximum absolute atomic E-state index is 12.6. The molecule has 0 radical (unpaired) electrons. The number of carbonyl (C=O) groups is 1. The van der Waals surface area contributed by atoms with Gasteiger partial charge < -0.3 is 20.1 Å². The molecule has 0 bridgehead atoms. The third-order valence-electron chi connectivity index (χ3n) is 5.75. The molecule has 5 heteroatoms. The first kappa shape index (κ1) is 22.3. The summed E-state index contributed by atoms with van der Waals surface area (Å²) in [6.07, 6.45) is 5.21. The van der Waals surface area contributed by atoms with Gasteiger partial charge in [0.1, 0.15) is 5.75 Å². The predicted octanol–water partition coefficient (Wildman–Crippen LogP) is 3.63. The van der Waals surface area contributed by atoms with Gasteiger partial charge in [-0.1, -0.05) is 18.2 Å². The Morgan fingerprint density at radius 3 is 2.83 bits per heavy atom. The van der Waals surface area contributed by atoms with Crippen LogP contribution in [0.15, 0.2) is 42.5 Å². The molecule has 0 unspecified atom stereocenters. The lowest BCUT2D eigenvalue weighted by molar-refractivity contribution is 0.0979. The number of para-hydroxylation sites is 1. The molecular formula is C25H34N2O3. The zero-order chi connectivity index (χ0) is 21.2. The molecule has 162 valence electrons. The van der Waals surface area contributed by atoms with Gasteiger partial charge >= 0.3 is 0 Å². The Kier molecular flexibility index (Phi) is 8.72. The number of anilines is 1. The summed E-state index contributed by atoms with van der Waals surface area (Å²) in [5, 5.41) is 12.5. The monoisotopic (exact) mass is 410 g/mol. The summed E-state index contributed by atoms with van der Waals surface area (Å²) in [4.78, 5) is 14.9. The van der Waals surface area contributed by atoms with E-state index in [-0.39, 0.29) is 12.4 Å². The van der Waals surface area contributed by atoms with E-state index < -0.39 is 0 Å². The summed E-state index contributed by atoms with van der Waals surface area (Å²) >= 11 is 0. The minimum Gasteiger partial charge on any atom is -0.496 e. The van der Waals surface area contributed by atoms with Crippen LogP contribution in [0.25, 0.3) is 0 Å². The van der Waals surface area contributed by atoms with Gasteiger partial charge in [0, 0.05) is 37.4 Å². The zero-order valence-corrected chi connectivity index (χ0v) is 18.0. The van der Waals surface area contributed by atoms with E-state index in [0.717, 1.165) is 69.6 Å². The SMILES string of the molecule is COc1ccccc1CCNCCCCC(=O)c1ccc2c(c1)CCN2CCCO. The van der Waals surface area contributed by atoms with Crippen molar-refractivity contribution in [2.24, 2.45) is 0 Å². The van der Waals surface area contributed by atoms with Crippen LogP contribution < -0.4 is 15.0 Å². The lowest BCUT2D eigenvalue weighted by atomic mass is 10.0. The van der Waals surface area contributed by atoms with Gasteiger partial charge in [-0.25, -0.2) is 0 Å². The number of nitrogens with zero attached hydrogens (tertiary/aromatic N) is 1. The van der Waals surface area contributed by atoms with Crippen LogP contribution in [0.5, 0.6) is 5.75 Å². The molecule has 1 aliphatic rings. The van der Waals surface area contributed by atoms with Gasteiger partial charge in [0.15, 0.2) is 5.78 Å². The molecule has 0 saturated heterocycles. The fraction of sp³-hybridized carbons (Fsp3) is 0.480. The van der Waals surface area contributed by atoms with Crippen molar-refractivity contribution in [1.29, 1.82) is 0 Å². The van der Waals surface area contributed by atoms with E-state index in [1.807, 2.05) is 24.3 Å². The number of aliphatic hydroxyl groups is 1. The van der Waals surface area contributed by atoms with Gasteiger partial charge in [-0.15, -0.1) is 0 Å². The summed E-state index contributed by atoms with van der Waals surface area (Å²) < 4.78 is 5.38. The summed E-state index contributed by atoms with van der Waals surface area (Å²) in [5.74, 6) is 1.18.